The third-order valence-corrected chi connectivity index (χ3v) is 7.28. The van der Waals surface area contributed by atoms with Crippen LogP contribution >= 0.6 is 0 Å². The molecule has 41 heavy (non-hydrogen) atoms. The maximum atomic E-state index is 10.9. The molecule has 9 nitrogen and oxygen atoms in total. The lowest BCUT2D eigenvalue weighted by atomic mass is 10.1. The Bertz CT molecular complexity index is 1640. The number of hydrogen-bond donors (Lipinski definition) is 3. The molecule has 0 aliphatic carbocycles. The largest absolute Gasteiger partial charge is 0.326 e. The topological polar surface area (TPSA) is 164 Å². The third kappa shape index (κ3) is 12.0. The second-order valence-corrected chi connectivity index (χ2v) is 11.5. The lowest BCUT2D eigenvalue weighted by Gasteiger charge is -2.02. The van der Waals surface area contributed by atoms with Crippen molar-refractivity contribution in [2.45, 2.75) is 36.7 Å². The monoisotopic (exact) mass is 596 g/mol. The molecular formula is C30H32N2O7S2. The zero-order valence-corrected chi connectivity index (χ0v) is 24.2. The maximum absolute atomic E-state index is 10.9. The SMILES string of the molecule is CC(=NCc1ccc(S(=O)(=O)O)cc1)c1ccccc1.CC(=O)c1ccccc1.NCc1ccc(S(=O)(=O)O)cc1. The van der Waals surface area contributed by atoms with Gasteiger partial charge in [-0.2, -0.15) is 16.8 Å². The summed E-state index contributed by atoms with van der Waals surface area (Å²) in [6.07, 6.45) is 0. The molecule has 4 N–H and O–H groups in total. The van der Waals surface area contributed by atoms with Gasteiger partial charge in [-0.25, -0.2) is 0 Å². The van der Waals surface area contributed by atoms with E-state index < -0.39 is 20.2 Å². The molecule has 4 aromatic rings. The summed E-state index contributed by atoms with van der Waals surface area (Å²) in [7, 11) is -8.20. The van der Waals surface area contributed by atoms with Crippen LogP contribution in [0.1, 0.15) is 40.9 Å². The molecule has 11 heteroatoms. The predicted molar refractivity (Wildman–Crippen MR) is 159 cm³/mol. The van der Waals surface area contributed by atoms with Crippen LogP contribution in [0.2, 0.25) is 0 Å². The van der Waals surface area contributed by atoms with Crippen molar-refractivity contribution < 1.29 is 30.7 Å². The van der Waals surface area contributed by atoms with Crippen molar-refractivity contribution in [1.82, 2.24) is 0 Å². The van der Waals surface area contributed by atoms with Gasteiger partial charge >= 0.3 is 0 Å². The van der Waals surface area contributed by atoms with Gasteiger partial charge in [-0.05, 0) is 54.8 Å². The molecule has 216 valence electrons. The summed E-state index contributed by atoms with van der Waals surface area (Å²) in [5.41, 5.74) is 9.75. The molecule has 0 spiro atoms. The fraction of sp³-hybridized carbons (Fsp3) is 0.133. The Kier molecular flexibility index (Phi) is 12.7. The standard InChI is InChI=1S/C15H15NO3S.C8H8O.C7H9NO3S/c1-12(14-5-3-2-4-6-14)16-11-13-7-9-15(10-8-13)20(17,18)19;1-7(9)8-5-3-2-4-6-8;8-5-6-1-3-7(4-2-6)12(9,10)11/h2-10H,11H2,1H3,(H,17,18,19);2-6H,1H3;1-4H,5,8H2,(H,9,10,11). The number of benzene rings is 4. The first-order valence-corrected chi connectivity index (χ1v) is 15.1. The Hall–Kier alpha value is -4.00. The highest BCUT2D eigenvalue weighted by Crippen LogP contribution is 2.12. The molecule has 0 atom stereocenters. The van der Waals surface area contributed by atoms with Crippen molar-refractivity contribution in [2.75, 3.05) is 0 Å². The van der Waals surface area contributed by atoms with Crippen LogP contribution < -0.4 is 5.73 Å². The average Bonchev–Trinajstić information content (AvgIpc) is 2.97. The number of Topliss-reactive ketones (excluding diaryl/α,β-unsaturated/α-hetero) is 1. The number of carbonyl (C=O) groups is 1. The fourth-order valence-corrected chi connectivity index (χ4v) is 4.18. The van der Waals surface area contributed by atoms with Gasteiger partial charge in [0.25, 0.3) is 20.2 Å². The minimum atomic E-state index is -4.13. The molecule has 0 saturated carbocycles. The number of hydrogen-bond acceptors (Lipinski definition) is 7. The van der Waals surface area contributed by atoms with E-state index in [-0.39, 0.29) is 15.6 Å². The molecule has 0 unspecified atom stereocenters. The van der Waals surface area contributed by atoms with Gasteiger partial charge in [0.1, 0.15) is 0 Å². The van der Waals surface area contributed by atoms with Crippen molar-refractivity contribution in [3.8, 4) is 0 Å². The minimum absolute atomic E-state index is 0.106. The van der Waals surface area contributed by atoms with Crippen molar-refractivity contribution in [1.29, 1.82) is 0 Å². The normalized spacial score (nSPS) is 11.4. The Balaban J connectivity index is 0.000000237. The van der Waals surface area contributed by atoms with Gasteiger partial charge < -0.3 is 5.73 Å². The van der Waals surface area contributed by atoms with Crippen LogP contribution in [0.4, 0.5) is 0 Å². The molecule has 4 rings (SSSR count). The van der Waals surface area contributed by atoms with E-state index in [2.05, 4.69) is 4.99 Å². The van der Waals surface area contributed by atoms with E-state index in [1.165, 1.54) is 24.3 Å². The first-order valence-electron chi connectivity index (χ1n) is 12.3. The lowest BCUT2D eigenvalue weighted by molar-refractivity contribution is 0.101. The fourth-order valence-electron chi connectivity index (χ4n) is 3.22. The van der Waals surface area contributed by atoms with Crippen LogP contribution in [0.5, 0.6) is 0 Å². The Morgan fingerprint density at radius 1 is 0.634 bits per heavy atom. The van der Waals surface area contributed by atoms with E-state index in [4.69, 9.17) is 14.8 Å². The molecule has 0 heterocycles. The molecule has 0 bridgehead atoms. The number of nitrogens with two attached hydrogens (primary N) is 1. The first-order chi connectivity index (χ1) is 19.3. The number of aliphatic imine (C=N–C) groups is 1. The van der Waals surface area contributed by atoms with E-state index >= 15 is 0 Å². The number of rotatable bonds is 7. The van der Waals surface area contributed by atoms with Crippen LogP contribution in [0, 0.1) is 0 Å². The zero-order chi connectivity index (χ0) is 30.5. The number of carbonyl (C=O) groups excluding carboxylic acids is 1. The van der Waals surface area contributed by atoms with Crippen molar-refractivity contribution in [3.63, 3.8) is 0 Å². The molecule has 0 radical (unpaired) electrons. The smallest absolute Gasteiger partial charge is 0.294 e. The molecular weight excluding hydrogens is 564 g/mol. The molecule has 0 amide bonds. The quantitative estimate of drug-likeness (QED) is 0.148. The molecule has 0 saturated heterocycles. The maximum Gasteiger partial charge on any atom is 0.294 e. The Morgan fingerprint density at radius 3 is 1.37 bits per heavy atom. The molecule has 4 aromatic carbocycles. The average molecular weight is 597 g/mol. The van der Waals surface area contributed by atoms with Gasteiger partial charge in [-0.3, -0.25) is 18.9 Å². The molecule has 0 aromatic heterocycles. The highest BCUT2D eigenvalue weighted by molar-refractivity contribution is 7.86. The predicted octanol–water partition coefficient (Wildman–Crippen LogP) is 5.22. The Labute approximate surface area is 240 Å². The number of ketones is 1. The summed E-state index contributed by atoms with van der Waals surface area (Å²) in [5.74, 6) is 0.121. The van der Waals surface area contributed by atoms with Gasteiger partial charge in [0.05, 0.1) is 16.3 Å². The van der Waals surface area contributed by atoms with Crippen LogP contribution in [0.25, 0.3) is 0 Å². The van der Waals surface area contributed by atoms with Gasteiger partial charge in [-0.15, -0.1) is 0 Å². The second-order valence-electron chi connectivity index (χ2n) is 8.63. The van der Waals surface area contributed by atoms with Crippen molar-refractivity contribution in [3.05, 3.63) is 131 Å². The van der Waals surface area contributed by atoms with E-state index in [1.807, 2.05) is 67.6 Å². The second kappa shape index (κ2) is 15.7. The minimum Gasteiger partial charge on any atom is -0.326 e. The summed E-state index contributed by atoms with van der Waals surface area (Å²) in [6, 6.07) is 30.8. The van der Waals surface area contributed by atoms with Crippen molar-refractivity contribution >= 4 is 31.7 Å². The third-order valence-electron chi connectivity index (χ3n) is 5.55. The lowest BCUT2D eigenvalue weighted by Crippen LogP contribution is -2.00. The summed E-state index contributed by atoms with van der Waals surface area (Å²) in [5, 5.41) is 0. The molecule has 0 aliphatic heterocycles. The van der Waals surface area contributed by atoms with Gasteiger partial charge in [-0.1, -0.05) is 84.9 Å². The molecule has 0 aliphatic rings. The summed E-state index contributed by atoms with van der Waals surface area (Å²) < 4.78 is 60.4. The first kappa shape index (κ1) is 33.2. The van der Waals surface area contributed by atoms with E-state index in [1.54, 1.807) is 31.2 Å². The van der Waals surface area contributed by atoms with E-state index in [0.717, 1.165) is 28.0 Å². The zero-order valence-electron chi connectivity index (χ0n) is 22.6. The van der Waals surface area contributed by atoms with Crippen LogP contribution in [0.3, 0.4) is 0 Å². The van der Waals surface area contributed by atoms with Crippen LogP contribution in [-0.2, 0) is 33.3 Å². The highest BCUT2D eigenvalue weighted by Gasteiger charge is 2.08. The van der Waals surface area contributed by atoms with E-state index in [9.17, 15) is 21.6 Å². The molecule has 0 fully saturated rings. The van der Waals surface area contributed by atoms with Gasteiger partial charge in [0.2, 0.25) is 0 Å². The van der Waals surface area contributed by atoms with E-state index in [0.29, 0.717) is 13.1 Å². The van der Waals surface area contributed by atoms with Gasteiger partial charge in [0.15, 0.2) is 5.78 Å². The van der Waals surface area contributed by atoms with Crippen LogP contribution in [0.15, 0.2) is 124 Å². The van der Waals surface area contributed by atoms with Crippen molar-refractivity contribution in [2.24, 2.45) is 10.7 Å². The summed E-state index contributed by atoms with van der Waals surface area (Å²) in [6.45, 7) is 4.31. The van der Waals surface area contributed by atoms with Gasteiger partial charge in [0, 0.05) is 17.8 Å². The number of nitrogens with zero attached hydrogens (tertiary/aromatic N) is 1. The summed E-state index contributed by atoms with van der Waals surface area (Å²) in [4.78, 5) is 14.9. The van der Waals surface area contributed by atoms with Crippen LogP contribution in [-0.4, -0.2) is 37.4 Å². The highest BCUT2D eigenvalue weighted by atomic mass is 32.2. The Morgan fingerprint density at radius 2 is 1.02 bits per heavy atom. The summed E-state index contributed by atoms with van der Waals surface area (Å²) >= 11 is 0.